The van der Waals surface area contributed by atoms with Gasteiger partial charge in [-0.05, 0) is 53.2 Å². The summed E-state index contributed by atoms with van der Waals surface area (Å²) in [5.41, 5.74) is 1.72. The third kappa shape index (κ3) is 4.12. The van der Waals surface area contributed by atoms with E-state index in [9.17, 15) is 9.59 Å². The second-order valence-corrected chi connectivity index (χ2v) is 6.79. The van der Waals surface area contributed by atoms with Gasteiger partial charge in [0.15, 0.2) is 0 Å². The van der Waals surface area contributed by atoms with Gasteiger partial charge in [-0.1, -0.05) is 41.4 Å². The monoisotopic (exact) mass is 379 g/mol. The molecule has 2 aromatic carbocycles. The molecule has 2 aromatic rings. The van der Waals surface area contributed by atoms with Crippen molar-refractivity contribution < 1.29 is 14.3 Å². The Labute approximate surface area is 152 Å². The number of thioether (sulfide) groups is 1. The minimum atomic E-state index is -0.370. The van der Waals surface area contributed by atoms with Gasteiger partial charge in [0, 0.05) is 0 Å². The number of halogens is 2. The quantitative estimate of drug-likeness (QED) is 0.767. The molecule has 1 aliphatic heterocycles. The number of hydrogen-bond acceptors (Lipinski definition) is 4. The number of imide groups is 1. The van der Waals surface area contributed by atoms with Gasteiger partial charge < -0.3 is 4.74 Å². The highest BCUT2D eigenvalue weighted by Crippen LogP contribution is 2.26. The Bertz CT molecular complexity index is 834. The zero-order chi connectivity index (χ0) is 17.1. The molecule has 3 rings (SSSR count). The number of ether oxygens (including phenoxy) is 1. The van der Waals surface area contributed by atoms with E-state index in [1.807, 2.05) is 18.2 Å². The Morgan fingerprint density at radius 1 is 1.04 bits per heavy atom. The van der Waals surface area contributed by atoms with Crippen LogP contribution in [0, 0.1) is 0 Å². The minimum absolute atomic E-state index is 0.354. The van der Waals surface area contributed by atoms with Crippen molar-refractivity contribution in [2.75, 3.05) is 0 Å². The summed E-state index contributed by atoms with van der Waals surface area (Å²) >= 11 is 12.7. The van der Waals surface area contributed by atoms with E-state index in [2.05, 4.69) is 5.32 Å². The first kappa shape index (κ1) is 16.9. The molecule has 0 saturated carbocycles. The highest BCUT2D eigenvalue weighted by molar-refractivity contribution is 8.18. The summed E-state index contributed by atoms with van der Waals surface area (Å²) in [6.07, 6.45) is 1.66. The molecular weight excluding hydrogens is 369 g/mol. The van der Waals surface area contributed by atoms with Crippen LogP contribution in [-0.4, -0.2) is 11.1 Å². The maximum absolute atomic E-state index is 11.5. The van der Waals surface area contributed by atoms with Crippen molar-refractivity contribution in [1.82, 2.24) is 5.32 Å². The van der Waals surface area contributed by atoms with E-state index in [1.165, 1.54) is 0 Å². The number of hydrogen-bond donors (Lipinski definition) is 1. The normalized spacial score (nSPS) is 15.7. The molecule has 2 amide bonds. The number of amides is 2. The van der Waals surface area contributed by atoms with Crippen molar-refractivity contribution >= 4 is 52.2 Å². The molecule has 0 atom stereocenters. The van der Waals surface area contributed by atoms with E-state index in [0.29, 0.717) is 27.3 Å². The van der Waals surface area contributed by atoms with Crippen molar-refractivity contribution in [3.05, 3.63) is 68.5 Å². The molecular formula is C17H11Cl2NO3S. The lowest BCUT2D eigenvalue weighted by atomic mass is 10.2. The molecule has 122 valence electrons. The van der Waals surface area contributed by atoms with Gasteiger partial charge in [-0.2, -0.15) is 0 Å². The molecule has 1 N–H and O–H groups in total. The number of nitrogens with one attached hydrogen (secondary N) is 1. The standard InChI is InChI=1S/C17H11Cl2NO3S/c18-13-6-3-11(7-14(13)19)9-23-12-4-1-10(2-5-12)8-15-16(21)20-17(22)24-15/h1-8H,9H2,(H,20,21,22)/b15-8+. The molecule has 0 aliphatic carbocycles. The van der Waals surface area contributed by atoms with Crippen LogP contribution >= 0.6 is 35.0 Å². The first-order valence-electron chi connectivity index (χ1n) is 6.93. The van der Waals surface area contributed by atoms with Crippen molar-refractivity contribution in [2.45, 2.75) is 6.61 Å². The van der Waals surface area contributed by atoms with Crippen molar-refractivity contribution in [1.29, 1.82) is 0 Å². The van der Waals surface area contributed by atoms with Crippen molar-refractivity contribution in [3.63, 3.8) is 0 Å². The molecule has 7 heteroatoms. The van der Waals surface area contributed by atoms with Crippen molar-refractivity contribution in [3.8, 4) is 5.75 Å². The lowest BCUT2D eigenvalue weighted by Gasteiger charge is -2.07. The summed E-state index contributed by atoms with van der Waals surface area (Å²) in [5, 5.41) is 2.86. The second-order valence-electron chi connectivity index (χ2n) is 4.96. The first-order chi connectivity index (χ1) is 11.5. The van der Waals surface area contributed by atoms with E-state index in [1.54, 1.807) is 30.3 Å². The molecule has 1 fully saturated rings. The van der Waals surface area contributed by atoms with Gasteiger partial charge >= 0.3 is 0 Å². The van der Waals surface area contributed by atoms with E-state index in [-0.39, 0.29) is 11.1 Å². The molecule has 0 radical (unpaired) electrons. The van der Waals surface area contributed by atoms with Gasteiger partial charge in [0.05, 0.1) is 15.0 Å². The Balaban J connectivity index is 1.64. The first-order valence-corrected chi connectivity index (χ1v) is 8.50. The van der Waals surface area contributed by atoms with Crippen LogP contribution in [0.5, 0.6) is 5.75 Å². The SMILES string of the molecule is O=C1NC(=O)/C(=C\c2ccc(OCc3ccc(Cl)c(Cl)c3)cc2)S1. The third-order valence-electron chi connectivity index (χ3n) is 3.21. The fourth-order valence-corrected chi connectivity index (χ4v) is 3.03. The van der Waals surface area contributed by atoms with Crippen LogP contribution in [0.1, 0.15) is 11.1 Å². The van der Waals surface area contributed by atoms with Gasteiger partial charge in [0.2, 0.25) is 0 Å². The van der Waals surface area contributed by atoms with Gasteiger partial charge in [-0.25, -0.2) is 0 Å². The zero-order valence-corrected chi connectivity index (χ0v) is 14.5. The number of carbonyl (C=O) groups is 2. The van der Waals surface area contributed by atoms with Crippen LogP contribution in [0.4, 0.5) is 4.79 Å². The highest BCUT2D eigenvalue weighted by atomic mass is 35.5. The molecule has 0 aromatic heterocycles. The Morgan fingerprint density at radius 2 is 1.79 bits per heavy atom. The largest absolute Gasteiger partial charge is 0.489 e. The Morgan fingerprint density at radius 3 is 2.42 bits per heavy atom. The lowest BCUT2D eigenvalue weighted by Crippen LogP contribution is -2.17. The predicted molar refractivity (Wildman–Crippen MR) is 96.3 cm³/mol. The molecule has 1 aliphatic rings. The van der Waals surface area contributed by atoms with E-state index in [0.717, 1.165) is 22.9 Å². The van der Waals surface area contributed by atoms with E-state index < -0.39 is 0 Å². The fourth-order valence-electron chi connectivity index (χ4n) is 2.03. The molecule has 1 saturated heterocycles. The maximum Gasteiger partial charge on any atom is 0.290 e. The number of rotatable bonds is 4. The summed E-state index contributed by atoms with van der Waals surface area (Å²) < 4.78 is 5.69. The molecule has 24 heavy (non-hydrogen) atoms. The smallest absolute Gasteiger partial charge is 0.290 e. The van der Waals surface area contributed by atoms with Crippen LogP contribution in [0.2, 0.25) is 10.0 Å². The van der Waals surface area contributed by atoms with Crippen LogP contribution in [0.3, 0.4) is 0 Å². The average molecular weight is 380 g/mol. The van der Waals surface area contributed by atoms with Crippen LogP contribution < -0.4 is 10.1 Å². The fraction of sp³-hybridized carbons (Fsp3) is 0.0588. The Kier molecular flexibility index (Phi) is 5.14. The summed E-state index contributed by atoms with van der Waals surface area (Å²) in [6, 6.07) is 12.5. The third-order valence-corrected chi connectivity index (χ3v) is 4.76. The summed E-state index contributed by atoms with van der Waals surface area (Å²) in [4.78, 5) is 23.0. The van der Waals surface area contributed by atoms with E-state index in [4.69, 9.17) is 27.9 Å². The van der Waals surface area contributed by atoms with Crippen LogP contribution in [0.15, 0.2) is 47.4 Å². The van der Waals surface area contributed by atoms with E-state index >= 15 is 0 Å². The average Bonchev–Trinajstić information content (AvgIpc) is 2.87. The number of carbonyl (C=O) groups excluding carboxylic acids is 2. The maximum atomic E-state index is 11.5. The number of benzene rings is 2. The summed E-state index contributed by atoms with van der Waals surface area (Å²) in [5.74, 6) is 0.313. The topological polar surface area (TPSA) is 55.4 Å². The molecule has 1 heterocycles. The summed E-state index contributed by atoms with van der Waals surface area (Å²) in [6.45, 7) is 0.365. The zero-order valence-electron chi connectivity index (χ0n) is 12.2. The van der Waals surface area contributed by atoms with Gasteiger partial charge in [-0.15, -0.1) is 0 Å². The molecule has 4 nitrogen and oxygen atoms in total. The lowest BCUT2D eigenvalue weighted by molar-refractivity contribution is -0.115. The highest BCUT2D eigenvalue weighted by Gasteiger charge is 2.24. The molecule has 0 spiro atoms. The minimum Gasteiger partial charge on any atom is -0.489 e. The van der Waals surface area contributed by atoms with Gasteiger partial charge in [0.1, 0.15) is 12.4 Å². The summed E-state index contributed by atoms with van der Waals surface area (Å²) in [7, 11) is 0. The van der Waals surface area contributed by atoms with Gasteiger partial charge in [-0.3, -0.25) is 14.9 Å². The predicted octanol–water partition coefficient (Wildman–Crippen LogP) is 4.90. The van der Waals surface area contributed by atoms with Gasteiger partial charge in [0.25, 0.3) is 11.1 Å². The molecule has 0 bridgehead atoms. The van der Waals surface area contributed by atoms with Crippen molar-refractivity contribution in [2.24, 2.45) is 0 Å². The van der Waals surface area contributed by atoms with Crippen LogP contribution in [-0.2, 0) is 11.4 Å². The Hall–Kier alpha value is -1.95. The second kappa shape index (κ2) is 7.30. The molecule has 0 unspecified atom stereocenters. The van der Waals surface area contributed by atoms with Crippen LogP contribution in [0.25, 0.3) is 6.08 Å².